The maximum atomic E-state index is 11.6. The van der Waals surface area contributed by atoms with Crippen LogP contribution in [0.2, 0.25) is 0 Å². The zero-order valence-electron chi connectivity index (χ0n) is 4.51. The molecule has 0 aliphatic heterocycles. The maximum absolute atomic E-state index is 11.6. The Morgan fingerprint density at radius 1 is 1.30 bits per heavy atom. The molecule has 0 spiro atoms. The lowest BCUT2D eigenvalue weighted by Crippen LogP contribution is -2.08. The minimum Gasteiger partial charge on any atom is -0.379 e. The van der Waals surface area contributed by atoms with Crippen LogP contribution in [0.1, 0.15) is 5.69 Å². The molecule has 1 heterocycles. The summed E-state index contributed by atoms with van der Waals surface area (Å²) in [4.78, 5) is 0. The molecule has 0 aromatic carbocycles. The van der Waals surface area contributed by atoms with E-state index in [1.165, 1.54) is 0 Å². The molecule has 0 radical (unpaired) electrons. The third-order valence-corrected chi connectivity index (χ3v) is 0.782. The Balaban J connectivity index is 3.05. The quantitative estimate of drug-likeness (QED) is 0.594. The topological polar surface area (TPSA) is 64.9 Å². The van der Waals surface area contributed by atoms with Gasteiger partial charge in [0.2, 0.25) is 11.5 Å². The summed E-state index contributed by atoms with van der Waals surface area (Å²) in [7, 11) is 0. The van der Waals surface area contributed by atoms with Gasteiger partial charge in [-0.3, -0.25) is 0 Å². The number of alkyl halides is 3. The largest absolute Gasteiger partial charge is 0.440 e. The molecule has 0 aliphatic carbocycles. The summed E-state index contributed by atoms with van der Waals surface area (Å²) in [5, 5.41) is 5.31. The van der Waals surface area contributed by atoms with Gasteiger partial charge in [0.1, 0.15) is 0 Å². The van der Waals surface area contributed by atoms with Crippen molar-refractivity contribution in [3.05, 3.63) is 5.69 Å². The Kier molecular flexibility index (Phi) is 1.27. The van der Waals surface area contributed by atoms with Crippen LogP contribution in [0.3, 0.4) is 0 Å². The van der Waals surface area contributed by atoms with E-state index >= 15 is 0 Å². The zero-order valence-corrected chi connectivity index (χ0v) is 4.51. The first-order valence-corrected chi connectivity index (χ1v) is 2.17. The van der Waals surface area contributed by atoms with Crippen molar-refractivity contribution in [1.82, 2.24) is 10.3 Å². The van der Waals surface area contributed by atoms with Crippen LogP contribution >= 0.6 is 0 Å². The zero-order chi connectivity index (χ0) is 7.78. The molecule has 0 unspecified atom stereocenters. The molecule has 0 aliphatic rings. The number of hydrogen-bond acceptors (Lipinski definition) is 4. The summed E-state index contributed by atoms with van der Waals surface area (Å²) in [6.07, 6.45) is -4.58. The SMILES string of the molecule is Nc1nonc1C(F)(F)F. The summed E-state index contributed by atoms with van der Waals surface area (Å²) in [5.41, 5.74) is 3.45. The number of anilines is 1. The first kappa shape index (κ1) is 6.84. The van der Waals surface area contributed by atoms with Crippen LogP contribution in [-0.4, -0.2) is 10.3 Å². The smallest absolute Gasteiger partial charge is 0.379 e. The van der Waals surface area contributed by atoms with Gasteiger partial charge in [-0.1, -0.05) is 0 Å². The fourth-order valence-corrected chi connectivity index (χ4v) is 0.392. The average molecular weight is 153 g/mol. The lowest BCUT2D eigenvalue weighted by atomic mass is 10.4. The van der Waals surface area contributed by atoms with Crippen molar-refractivity contribution in [3.63, 3.8) is 0 Å². The predicted molar refractivity (Wildman–Crippen MR) is 23.7 cm³/mol. The fraction of sp³-hybridized carbons (Fsp3) is 0.333. The molecule has 0 atom stereocenters. The Hall–Kier alpha value is -1.27. The summed E-state index contributed by atoms with van der Waals surface area (Å²) in [6, 6.07) is 0. The van der Waals surface area contributed by atoms with Gasteiger partial charge in [0, 0.05) is 0 Å². The average Bonchev–Trinajstić information content (AvgIpc) is 2.11. The van der Waals surface area contributed by atoms with Gasteiger partial charge in [0.25, 0.3) is 0 Å². The van der Waals surface area contributed by atoms with Crippen LogP contribution in [0.4, 0.5) is 19.0 Å². The number of hydrogen-bond donors (Lipinski definition) is 1. The van der Waals surface area contributed by atoms with Gasteiger partial charge >= 0.3 is 6.18 Å². The van der Waals surface area contributed by atoms with E-state index in [0.717, 1.165) is 0 Å². The highest BCUT2D eigenvalue weighted by molar-refractivity contribution is 5.32. The van der Waals surface area contributed by atoms with Crippen molar-refractivity contribution < 1.29 is 17.8 Å². The molecular formula is C3H2F3N3O. The first-order valence-electron chi connectivity index (χ1n) is 2.17. The molecule has 1 rings (SSSR count). The fourth-order valence-electron chi connectivity index (χ4n) is 0.392. The number of halogens is 3. The Bertz CT molecular complexity index is 229. The normalized spacial score (nSPS) is 11.9. The van der Waals surface area contributed by atoms with Crippen molar-refractivity contribution in [2.45, 2.75) is 6.18 Å². The number of nitrogens with two attached hydrogens (primary N) is 1. The van der Waals surface area contributed by atoms with E-state index in [1.54, 1.807) is 0 Å². The number of nitrogens with zero attached hydrogens (tertiary/aromatic N) is 2. The van der Waals surface area contributed by atoms with E-state index in [1.807, 2.05) is 0 Å². The second-order valence-corrected chi connectivity index (χ2v) is 1.50. The molecule has 0 saturated heterocycles. The van der Waals surface area contributed by atoms with E-state index in [-0.39, 0.29) is 0 Å². The van der Waals surface area contributed by atoms with Crippen molar-refractivity contribution in [2.75, 3.05) is 5.73 Å². The third-order valence-electron chi connectivity index (χ3n) is 0.782. The molecule has 1 aromatic heterocycles. The van der Waals surface area contributed by atoms with Crippen molar-refractivity contribution in [3.8, 4) is 0 Å². The van der Waals surface area contributed by atoms with Gasteiger partial charge in [-0.15, -0.1) is 0 Å². The Morgan fingerprint density at radius 3 is 2.10 bits per heavy atom. The van der Waals surface area contributed by atoms with E-state index in [4.69, 9.17) is 5.73 Å². The van der Waals surface area contributed by atoms with Crippen LogP contribution < -0.4 is 5.73 Å². The molecule has 7 heteroatoms. The number of aromatic nitrogens is 2. The molecule has 0 amide bonds. The van der Waals surface area contributed by atoms with Crippen molar-refractivity contribution in [2.24, 2.45) is 0 Å². The predicted octanol–water partition coefficient (Wildman–Crippen LogP) is 0.671. The van der Waals surface area contributed by atoms with Crippen LogP contribution in [0.15, 0.2) is 4.63 Å². The highest BCUT2D eigenvalue weighted by Crippen LogP contribution is 2.30. The van der Waals surface area contributed by atoms with Crippen LogP contribution in [0.5, 0.6) is 0 Å². The molecule has 1 aromatic rings. The molecular weight excluding hydrogens is 151 g/mol. The molecule has 0 bridgehead atoms. The van der Waals surface area contributed by atoms with Gasteiger partial charge in [-0.2, -0.15) is 13.2 Å². The van der Waals surface area contributed by atoms with Gasteiger partial charge in [-0.25, -0.2) is 4.63 Å². The van der Waals surface area contributed by atoms with Crippen LogP contribution in [0, 0.1) is 0 Å². The Labute approximate surface area is 52.8 Å². The first-order chi connectivity index (χ1) is 4.52. The minimum absolute atomic E-state index is 0.743. The van der Waals surface area contributed by atoms with Gasteiger partial charge in [0.05, 0.1) is 0 Å². The van der Waals surface area contributed by atoms with E-state index in [9.17, 15) is 13.2 Å². The molecule has 4 nitrogen and oxygen atoms in total. The molecule has 56 valence electrons. The summed E-state index contributed by atoms with van der Waals surface area (Å²) >= 11 is 0. The second-order valence-electron chi connectivity index (χ2n) is 1.50. The monoisotopic (exact) mass is 153 g/mol. The van der Waals surface area contributed by atoms with Crippen LogP contribution in [0.25, 0.3) is 0 Å². The summed E-state index contributed by atoms with van der Waals surface area (Å²) < 4.78 is 38.6. The molecule has 0 fully saturated rings. The highest BCUT2D eigenvalue weighted by atomic mass is 19.4. The van der Waals surface area contributed by atoms with Gasteiger partial charge < -0.3 is 5.73 Å². The molecule has 2 N–H and O–H groups in total. The standard InChI is InChI=1S/C3H2F3N3O/c4-3(5,6)1-2(7)9-10-8-1/h(H2,7,9). The van der Waals surface area contributed by atoms with Crippen molar-refractivity contribution in [1.29, 1.82) is 0 Å². The van der Waals surface area contributed by atoms with Gasteiger partial charge in [-0.05, 0) is 10.3 Å². The Morgan fingerprint density at radius 2 is 1.90 bits per heavy atom. The second kappa shape index (κ2) is 1.86. The van der Waals surface area contributed by atoms with E-state index < -0.39 is 17.7 Å². The lowest BCUT2D eigenvalue weighted by molar-refractivity contribution is -0.142. The lowest BCUT2D eigenvalue weighted by Gasteiger charge is -1.98. The molecule has 10 heavy (non-hydrogen) atoms. The van der Waals surface area contributed by atoms with Gasteiger partial charge in [0.15, 0.2) is 0 Å². The van der Waals surface area contributed by atoms with E-state index in [0.29, 0.717) is 0 Å². The highest BCUT2D eigenvalue weighted by Gasteiger charge is 2.38. The van der Waals surface area contributed by atoms with E-state index in [2.05, 4.69) is 14.9 Å². The minimum atomic E-state index is -4.58. The van der Waals surface area contributed by atoms with Crippen LogP contribution in [-0.2, 0) is 6.18 Å². The number of nitrogen functional groups attached to an aromatic ring is 1. The maximum Gasteiger partial charge on any atom is 0.440 e. The van der Waals surface area contributed by atoms with Crippen molar-refractivity contribution >= 4 is 5.82 Å². The number of rotatable bonds is 0. The summed E-state index contributed by atoms with van der Waals surface area (Å²) in [5.74, 6) is -0.743. The molecule has 0 saturated carbocycles. The summed E-state index contributed by atoms with van der Waals surface area (Å²) in [6.45, 7) is 0. The third kappa shape index (κ3) is 1.02.